The Kier molecular flexibility index (Phi) is 6.65. The van der Waals surface area contributed by atoms with Crippen molar-refractivity contribution in [2.24, 2.45) is 5.92 Å². The number of nitrogens with two attached hydrogens (primary N) is 1. The fourth-order valence-electron chi connectivity index (χ4n) is 3.70. The van der Waals surface area contributed by atoms with E-state index in [1.807, 2.05) is 24.5 Å². The first-order chi connectivity index (χ1) is 14.8. The maximum atomic E-state index is 14.3. The summed E-state index contributed by atoms with van der Waals surface area (Å²) in [4.78, 5) is 26.1. The number of aromatic nitrogens is 4. The van der Waals surface area contributed by atoms with Gasteiger partial charge in [-0.05, 0) is 64.6 Å². The molecule has 164 valence electrons. The van der Waals surface area contributed by atoms with Crippen molar-refractivity contribution in [1.29, 1.82) is 0 Å². The first kappa shape index (κ1) is 22.3. The number of hydrogen-bond donors (Lipinski definition) is 2. The molecule has 2 aromatic heterocycles. The molecule has 1 unspecified atom stereocenters. The molecule has 1 aliphatic carbocycles. The molecule has 0 saturated carbocycles. The number of anilines is 1. The number of rotatable bonds is 7. The topological polar surface area (TPSA) is 98.7 Å². The predicted octanol–water partition coefficient (Wildman–Crippen LogP) is 4.28. The van der Waals surface area contributed by atoms with Gasteiger partial charge in [0, 0.05) is 28.0 Å². The number of fused-ring (bicyclic) bond motifs is 2. The zero-order chi connectivity index (χ0) is 22.1. The van der Waals surface area contributed by atoms with Crippen molar-refractivity contribution in [1.82, 2.24) is 24.8 Å². The monoisotopic (exact) mass is 554 g/mol. The number of carbonyl (C=O) groups is 1. The predicted molar refractivity (Wildman–Crippen MR) is 128 cm³/mol. The normalized spacial score (nSPS) is 15.6. The maximum Gasteiger partial charge on any atom is 0.220 e. The molecule has 31 heavy (non-hydrogen) atoms. The minimum absolute atomic E-state index is 0.0184. The van der Waals surface area contributed by atoms with Gasteiger partial charge in [-0.25, -0.2) is 19.3 Å². The summed E-state index contributed by atoms with van der Waals surface area (Å²) < 4.78 is 17.3. The summed E-state index contributed by atoms with van der Waals surface area (Å²) in [6.07, 6.45) is 2.30. The third kappa shape index (κ3) is 4.79. The largest absolute Gasteiger partial charge is 0.382 e. The number of amides is 1. The number of nitrogens with zero attached hydrogens (tertiary/aromatic N) is 4. The summed E-state index contributed by atoms with van der Waals surface area (Å²) in [5.41, 5.74) is 9.02. The number of alkyl halides is 1. The van der Waals surface area contributed by atoms with E-state index in [0.717, 1.165) is 26.0 Å². The van der Waals surface area contributed by atoms with Crippen LogP contribution in [0, 0.1) is 9.49 Å². The van der Waals surface area contributed by atoms with Crippen LogP contribution in [0.1, 0.15) is 44.0 Å². The molecular weight excluding hydrogens is 530 g/mol. The first-order valence-electron chi connectivity index (χ1n) is 10.2. The van der Waals surface area contributed by atoms with Crippen molar-refractivity contribution in [2.75, 3.05) is 12.3 Å². The summed E-state index contributed by atoms with van der Waals surface area (Å²) in [5, 5.41) is 3.64. The highest BCUT2D eigenvalue weighted by Crippen LogP contribution is 2.41. The van der Waals surface area contributed by atoms with Gasteiger partial charge in [-0.2, -0.15) is 0 Å². The number of carbonyl (C=O) groups excluding carboxylic acids is 1. The molecule has 0 aliphatic heterocycles. The van der Waals surface area contributed by atoms with Crippen LogP contribution in [0.15, 0.2) is 28.5 Å². The van der Waals surface area contributed by atoms with Crippen LogP contribution in [0.3, 0.4) is 0 Å². The Bertz CT molecular complexity index is 1130. The van der Waals surface area contributed by atoms with Gasteiger partial charge in [-0.15, -0.1) is 0 Å². The Morgan fingerprint density at radius 2 is 2.23 bits per heavy atom. The number of nitrogens with one attached hydrogen (secondary N) is 1. The Labute approximate surface area is 197 Å². The van der Waals surface area contributed by atoms with Gasteiger partial charge in [0.2, 0.25) is 5.91 Å². The van der Waals surface area contributed by atoms with E-state index < -0.39 is 6.17 Å². The van der Waals surface area contributed by atoms with E-state index in [0.29, 0.717) is 54.0 Å². The van der Waals surface area contributed by atoms with Gasteiger partial charge in [-0.3, -0.25) is 4.79 Å². The van der Waals surface area contributed by atoms with Gasteiger partial charge in [0.15, 0.2) is 22.1 Å². The molecule has 0 fully saturated rings. The zero-order valence-corrected chi connectivity index (χ0v) is 20.3. The molecule has 3 aromatic rings. The fourth-order valence-corrected chi connectivity index (χ4v) is 5.52. The lowest BCUT2D eigenvalue weighted by molar-refractivity contribution is -0.121. The molecule has 1 amide bonds. The number of benzene rings is 1. The molecule has 10 heteroatoms. The number of hydrogen-bond acceptors (Lipinski definition) is 6. The summed E-state index contributed by atoms with van der Waals surface area (Å²) >= 11 is 3.74. The summed E-state index contributed by atoms with van der Waals surface area (Å²) in [7, 11) is 0. The van der Waals surface area contributed by atoms with Crippen molar-refractivity contribution < 1.29 is 9.18 Å². The highest BCUT2D eigenvalue weighted by Gasteiger charge is 2.25. The Morgan fingerprint density at radius 3 is 3.00 bits per heavy atom. The highest BCUT2D eigenvalue weighted by atomic mass is 127. The van der Waals surface area contributed by atoms with Gasteiger partial charge >= 0.3 is 0 Å². The molecule has 0 saturated heterocycles. The number of aryl methyl sites for hydroxylation is 1. The van der Waals surface area contributed by atoms with Crippen molar-refractivity contribution in [3.8, 4) is 0 Å². The average Bonchev–Trinajstić information content (AvgIpc) is 3.23. The SMILES string of the molecule is CC(C)CC(=O)NCCn1c(Sc2cc3c(cc2I)CCC3F)nc2c(N)ncnc21. The second-order valence-corrected chi connectivity index (χ2v) is 10.2. The average molecular weight is 554 g/mol. The van der Waals surface area contributed by atoms with Gasteiger partial charge in [0.1, 0.15) is 12.5 Å². The van der Waals surface area contributed by atoms with E-state index >= 15 is 0 Å². The van der Waals surface area contributed by atoms with Gasteiger partial charge in [0.05, 0.1) is 0 Å². The van der Waals surface area contributed by atoms with Crippen LogP contribution < -0.4 is 11.1 Å². The highest BCUT2D eigenvalue weighted by molar-refractivity contribution is 14.1. The van der Waals surface area contributed by atoms with Crippen LogP contribution in [0.4, 0.5) is 10.2 Å². The molecular formula is C21H24FIN6OS. The summed E-state index contributed by atoms with van der Waals surface area (Å²) in [5.74, 6) is 0.626. The number of imidazole rings is 1. The Balaban J connectivity index is 1.63. The molecule has 1 aliphatic rings. The summed E-state index contributed by atoms with van der Waals surface area (Å²) in [6, 6.07) is 3.99. The van der Waals surface area contributed by atoms with Crippen LogP contribution in [0.2, 0.25) is 0 Å². The Hall–Kier alpha value is -1.95. The van der Waals surface area contributed by atoms with Crippen LogP contribution in [-0.2, 0) is 17.8 Å². The van der Waals surface area contributed by atoms with E-state index in [1.165, 1.54) is 18.1 Å². The maximum absolute atomic E-state index is 14.3. The van der Waals surface area contributed by atoms with Crippen LogP contribution in [-0.4, -0.2) is 32.0 Å². The van der Waals surface area contributed by atoms with Crippen LogP contribution in [0.25, 0.3) is 11.2 Å². The minimum atomic E-state index is -0.914. The lowest BCUT2D eigenvalue weighted by atomic mass is 10.1. The number of nitrogen functional groups attached to an aromatic ring is 1. The smallest absolute Gasteiger partial charge is 0.220 e. The third-order valence-corrected chi connectivity index (χ3v) is 7.49. The second-order valence-electron chi connectivity index (χ2n) is 8.01. The van der Waals surface area contributed by atoms with Gasteiger partial charge in [-0.1, -0.05) is 25.6 Å². The van der Waals surface area contributed by atoms with E-state index in [-0.39, 0.29) is 5.91 Å². The van der Waals surface area contributed by atoms with Gasteiger partial charge in [0.25, 0.3) is 0 Å². The standard InChI is InChI=1S/C21H24FIN6OS/c1-11(2)7-17(30)25-5-6-29-20-18(19(24)26-10-27-20)28-21(29)31-16-9-13-12(8-15(16)23)3-4-14(13)22/h8-11,14H,3-7H2,1-2H3,(H,25,30)(H2,24,26,27). The minimum Gasteiger partial charge on any atom is -0.382 e. The van der Waals surface area contributed by atoms with Crippen molar-refractivity contribution in [2.45, 2.75) is 55.9 Å². The van der Waals surface area contributed by atoms with Crippen molar-refractivity contribution in [3.63, 3.8) is 0 Å². The fraction of sp³-hybridized carbons (Fsp3) is 0.429. The molecule has 2 heterocycles. The van der Waals surface area contributed by atoms with Gasteiger partial charge < -0.3 is 15.6 Å². The molecule has 0 radical (unpaired) electrons. The van der Waals surface area contributed by atoms with E-state index in [9.17, 15) is 9.18 Å². The van der Waals surface area contributed by atoms with Crippen LogP contribution in [0.5, 0.6) is 0 Å². The zero-order valence-electron chi connectivity index (χ0n) is 17.4. The van der Waals surface area contributed by atoms with Crippen molar-refractivity contribution >= 4 is 57.2 Å². The number of halogens is 2. The van der Waals surface area contributed by atoms with E-state index in [1.54, 1.807) is 0 Å². The summed E-state index contributed by atoms with van der Waals surface area (Å²) in [6.45, 7) is 4.96. The molecule has 0 spiro atoms. The second kappa shape index (κ2) is 9.27. The van der Waals surface area contributed by atoms with Crippen LogP contribution >= 0.6 is 34.4 Å². The van der Waals surface area contributed by atoms with E-state index in [4.69, 9.17) is 5.73 Å². The van der Waals surface area contributed by atoms with E-state index in [2.05, 4.69) is 48.9 Å². The quantitative estimate of drug-likeness (QED) is 0.423. The molecule has 3 N–H and O–H groups in total. The molecule has 0 bridgehead atoms. The Morgan fingerprint density at radius 1 is 1.42 bits per heavy atom. The lowest BCUT2D eigenvalue weighted by Gasteiger charge is -2.12. The molecule has 4 rings (SSSR count). The molecule has 1 aromatic carbocycles. The first-order valence-corrected chi connectivity index (χ1v) is 12.1. The van der Waals surface area contributed by atoms with Crippen molar-refractivity contribution in [3.05, 3.63) is 33.2 Å². The third-order valence-electron chi connectivity index (χ3n) is 5.18. The lowest BCUT2D eigenvalue weighted by Crippen LogP contribution is -2.28. The molecule has 7 nitrogen and oxygen atoms in total. The molecule has 1 atom stereocenters.